The van der Waals surface area contributed by atoms with Crippen molar-refractivity contribution in [1.82, 2.24) is 0 Å². The standard InChI is InChI=1S/C21H19ClFNO3S/c1-11(2)14-6-4-5-12(3)19(14)24-17(25)10-27-21(26)20-18(22)15-8-7-13(23)9-16(15)28-20/h4-9,11H,10H2,1-3H3,(H,24,25). The first-order chi connectivity index (χ1) is 13.3. The maximum absolute atomic E-state index is 13.4. The van der Waals surface area contributed by atoms with Crippen LogP contribution in [0.4, 0.5) is 10.1 Å². The van der Waals surface area contributed by atoms with E-state index in [2.05, 4.69) is 5.32 Å². The van der Waals surface area contributed by atoms with E-state index in [-0.39, 0.29) is 15.8 Å². The molecule has 3 aromatic rings. The molecule has 28 heavy (non-hydrogen) atoms. The number of para-hydroxylation sites is 1. The first-order valence-electron chi connectivity index (χ1n) is 8.72. The molecule has 0 fully saturated rings. The van der Waals surface area contributed by atoms with Gasteiger partial charge in [0.05, 0.1) is 5.02 Å². The van der Waals surface area contributed by atoms with Crippen molar-refractivity contribution in [2.75, 3.05) is 11.9 Å². The molecule has 0 atom stereocenters. The topological polar surface area (TPSA) is 55.4 Å². The second-order valence-electron chi connectivity index (χ2n) is 6.70. The van der Waals surface area contributed by atoms with Crippen molar-refractivity contribution >= 4 is 50.6 Å². The summed E-state index contributed by atoms with van der Waals surface area (Å²) in [5.41, 5.74) is 2.67. The van der Waals surface area contributed by atoms with Gasteiger partial charge in [-0.2, -0.15) is 0 Å². The summed E-state index contributed by atoms with van der Waals surface area (Å²) in [7, 11) is 0. The van der Waals surface area contributed by atoms with E-state index in [0.29, 0.717) is 10.1 Å². The van der Waals surface area contributed by atoms with Gasteiger partial charge in [0, 0.05) is 15.8 Å². The quantitative estimate of drug-likeness (QED) is 0.522. The average Bonchev–Trinajstić information content (AvgIpc) is 2.97. The summed E-state index contributed by atoms with van der Waals surface area (Å²) in [6.45, 7) is 5.54. The molecule has 0 bridgehead atoms. The van der Waals surface area contributed by atoms with Crippen LogP contribution in [0.5, 0.6) is 0 Å². The molecule has 2 aromatic carbocycles. The molecule has 146 valence electrons. The van der Waals surface area contributed by atoms with Crippen molar-refractivity contribution in [2.45, 2.75) is 26.7 Å². The van der Waals surface area contributed by atoms with Crippen LogP contribution in [0.2, 0.25) is 5.02 Å². The molecular weight excluding hydrogens is 401 g/mol. The minimum Gasteiger partial charge on any atom is -0.451 e. The number of fused-ring (bicyclic) bond motifs is 1. The van der Waals surface area contributed by atoms with Gasteiger partial charge in [-0.3, -0.25) is 4.79 Å². The maximum atomic E-state index is 13.4. The number of esters is 1. The van der Waals surface area contributed by atoms with Crippen LogP contribution in [0.1, 0.15) is 40.6 Å². The first-order valence-corrected chi connectivity index (χ1v) is 9.91. The molecule has 0 saturated carbocycles. The summed E-state index contributed by atoms with van der Waals surface area (Å²) < 4.78 is 19.0. The molecule has 4 nitrogen and oxygen atoms in total. The molecule has 1 aromatic heterocycles. The van der Waals surface area contributed by atoms with Crippen LogP contribution in [0.25, 0.3) is 10.1 Å². The van der Waals surface area contributed by atoms with Crippen molar-refractivity contribution in [3.63, 3.8) is 0 Å². The van der Waals surface area contributed by atoms with Crippen molar-refractivity contribution in [1.29, 1.82) is 0 Å². The lowest BCUT2D eigenvalue weighted by atomic mass is 9.98. The van der Waals surface area contributed by atoms with Crippen molar-refractivity contribution in [3.8, 4) is 0 Å². The number of hydrogen-bond donors (Lipinski definition) is 1. The van der Waals surface area contributed by atoms with Gasteiger partial charge in [0.15, 0.2) is 6.61 Å². The predicted octanol–water partition coefficient (Wildman–Crippen LogP) is 5.92. The third kappa shape index (κ3) is 4.18. The zero-order valence-electron chi connectivity index (χ0n) is 15.6. The number of halogens is 2. The van der Waals surface area contributed by atoms with E-state index in [1.54, 1.807) is 0 Å². The summed E-state index contributed by atoms with van der Waals surface area (Å²) in [6.07, 6.45) is 0. The minimum absolute atomic E-state index is 0.147. The number of carbonyl (C=O) groups excluding carboxylic acids is 2. The molecule has 0 saturated heterocycles. The second-order valence-corrected chi connectivity index (χ2v) is 8.13. The van der Waals surface area contributed by atoms with Gasteiger partial charge in [0.2, 0.25) is 0 Å². The summed E-state index contributed by atoms with van der Waals surface area (Å²) in [6, 6.07) is 9.89. The van der Waals surface area contributed by atoms with Gasteiger partial charge < -0.3 is 10.1 Å². The Morgan fingerprint density at radius 3 is 2.71 bits per heavy atom. The number of benzene rings is 2. The summed E-state index contributed by atoms with van der Waals surface area (Å²) in [4.78, 5) is 24.8. The Bertz CT molecular complexity index is 1060. The lowest BCUT2D eigenvalue weighted by molar-refractivity contribution is -0.119. The number of aryl methyl sites for hydroxylation is 1. The van der Waals surface area contributed by atoms with Crippen molar-refractivity contribution in [3.05, 3.63) is 63.2 Å². The fourth-order valence-electron chi connectivity index (χ4n) is 2.88. The highest BCUT2D eigenvalue weighted by atomic mass is 35.5. The number of hydrogen-bond acceptors (Lipinski definition) is 4. The summed E-state index contributed by atoms with van der Waals surface area (Å²) in [5, 5.41) is 3.60. The van der Waals surface area contributed by atoms with Crippen LogP contribution in [0, 0.1) is 12.7 Å². The smallest absolute Gasteiger partial charge is 0.350 e. The van der Waals surface area contributed by atoms with Gasteiger partial charge in [-0.05, 0) is 42.2 Å². The normalized spacial score (nSPS) is 11.1. The van der Waals surface area contributed by atoms with E-state index in [4.69, 9.17) is 16.3 Å². The molecule has 0 aliphatic carbocycles. The lowest BCUT2D eigenvalue weighted by Gasteiger charge is -2.16. The zero-order valence-corrected chi connectivity index (χ0v) is 17.2. The fraction of sp³-hybridized carbons (Fsp3) is 0.238. The van der Waals surface area contributed by atoms with E-state index in [1.165, 1.54) is 18.2 Å². The highest BCUT2D eigenvalue weighted by Gasteiger charge is 2.20. The predicted molar refractivity (Wildman–Crippen MR) is 111 cm³/mol. The Balaban J connectivity index is 1.70. The third-order valence-corrected chi connectivity index (χ3v) is 5.94. The Kier molecular flexibility index (Phi) is 6.01. The number of thiophene rings is 1. The Morgan fingerprint density at radius 1 is 1.25 bits per heavy atom. The number of carbonyl (C=O) groups is 2. The third-order valence-electron chi connectivity index (χ3n) is 4.30. The van der Waals surface area contributed by atoms with Crippen LogP contribution in [0.3, 0.4) is 0 Å². The number of nitrogens with one attached hydrogen (secondary N) is 1. The minimum atomic E-state index is -0.712. The molecule has 1 heterocycles. The average molecular weight is 420 g/mol. The van der Waals surface area contributed by atoms with E-state index in [1.807, 2.05) is 39.0 Å². The molecule has 7 heteroatoms. The van der Waals surface area contributed by atoms with Crippen LogP contribution in [-0.4, -0.2) is 18.5 Å². The molecule has 1 N–H and O–H groups in total. The molecule has 0 spiro atoms. The van der Waals surface area contributed by atoms with E-state index in [9.17, 15) is 14.0 Å². The van der Waals surface area contributed by atoms with E-state index >= 15 is 0 Å². The van der Waals surface area contributed by atoms with Crippen LogP contribution in [0.15, 0.2) is 36.4 Å². The maximum Gasteiger partial charge on any atom is 0.350 e. The van der Waals surface area contributed by atoms with Gasteiger partial charge in [0.1, 0.15) is 10.7 Å². The lowest BCUT2D eigenvalue weighted by Crippen LogP contribution is -2.22. The molecule has 0 aliphatic heterocycles. The van der Waals surface area contributed by atoms with Crippen LogP contribution in [-0.2, 0) is 9.53 Å². The monoisotopic (exact) mass is 419 g/mol. The molecule has 1 amide bonds. The Hall–Kier alpha value is -2.44. The molecule has 0 aliphatic rings. The molecule has 0 unspecified atom stereocenters. The van der Waals surface area contributed by atoms with Crippen molar-refractivity contribution in [2.24, 2.45) is 0 Å². The first kappa shape index (κ1) is 20.3. The molecule has 0 radical (unpaired) electrons. The highest BCUT2D eigenvalue weighted by molar-refractivity contribution is 7.21. The van der Waals surface area contributed by atoms with Crippen molar-refractivity contribution < 1.29 is 18.7 Å². The largest absolute Gasteiger partial charge is 0.451 e. The number of ether oxygens (including phenoxy) is 1. The number of anilines is 1. The Labute approximate surface area is 171 Å². The second kappa shape index (κ2) is 8.29. The van der Waals surface area contributed by atoms with E-state index < -0.39 is 24.3 Å². The van der Waals surface area contributed by atoms with E-state index in [0.717, 1.165) is 28.2 Å². The van der Waals surface area contributed by atoms with Gasteiger partial charge in [-0.25, -0.2) is 9.18 Å². The Morgan fingerprint density at radius 2 is 2.00 bits per heavy atom. The van der Waals surface area contributed by atoms with Gasteiger partial charge in [-0.15, -0.1) is 11.3 Å². The van der Waals surface area contributed by atoms with Crippen LogP contribution >= 0.6 is 22.9 Å². The number of amides is 1. The van der Waals surface area contributed by atoms with Crippen LogP contribution < -0.4 is 5.32 Å². The highest BCUT2D eigenvalue weighted by Crippen LogP contribution is 2.36. The van der Waals surface area contributed by atoms with Gasteiger partial charge >= 0.3 is 5.97 Å². The van der Waals surface area contributed by atoms with Gasteiger partial charge in [0.25, 0.3) is 5.91 Å². The molecular formula is C21H19ClFNO3S. The number of rotatable bonds is 5. The molecule has 3 rings (SSSR count). The summed E-state index contributed by atoms with van der Waals surface area (Å²) >= 11 is 7.24. The van der Waals surface area contributed by atoms with Gasteiger partial charge in [-0.1, -0.05) is 43.6 Å². The summed E-state index contributed by atoms with van der Waals surface area (Å²) in [5.74, 6) is -1.33. The zero-order chi connectivity index (χ0) is 20.4. The fourth-order valence-corrected chi connectivity index (χ4v) is 4.31. The SMILES string of the molecule is Cc1cccc(C(C)C)c1NC(=O)COC(=O)c1sc2cc(F)ccc2c1Cl.